The molecule has 1 aliphatic heterocycles. The quantitative estimate of drug-likeness (QED) is 0.114. The molecule has 9 nitrogen and oxygen atoms in total. The number of hydrogen-bond donors (Lipinski definition) is 0. The number of nitro benzene ring substituents is 1. The molecule has 0 atom stereocenters. The summed E-state index contributed by atoms with van der Waals surface area (Å²) in [4.78, 5) is 27.5. The zero-order chi connectivity index (χ0) is 27.1. The van der Waals surface area contributed by atoms with Crippen LogP contribution in [0, 0.1) is 25.0 Å². The lowest BCUT2D eigenvalue weighted by Gasteiger charge is -2.36. The molecule has 3 aromatic carbocycles. The number of amides is 1. The summed E-state index contributed by atoms with van der Waals surface area (Å²) in [7, 11) is 1.51. The summed E-state index contributed by atoms with van der Waals surface area (Å²) in [5.74, 6) is 0.657. The third kappa shape index (κ3) is 6.41. The number of rotatable bonds is 8. The first-order valence-electron chi connectivity index (χ1n) is 11.8. The maximum absolute atomic E-state index is 13.1. The summed E-state index contributed by atoms with van der Waals surface area (Å²) in [6, 6.07) is 21.8. The van der Waals surface area contributed by atoms with Crippen molar-refractivity contribution in [3.8, 4) is 17.6 Å². The molecule has 0 radical (unpaired) electrons. The van der Waals surface area contributed by atoms with Crippen LogP contribution in [0.5, 0.6) is 11.5 Å². The first-order chi connectivity index (χ1) is 18.4. The number of carbonyl (C=O) groups excluding carboxylic acids is 1. The van der Waals surface area contributed by atoms with E-state index in [1.807, 2.05) is 36.4 Å². The molecule has 1 aliphatic rings. The topological polar surface area (TPSA) is 109 Å². The predicted molar refractivity (Wildman–Crippen MR) is 152 cm³/mol. The molecule has 1 fully saturated rings. The molecular weight excluding hydrogens is 599 g/mol. The van der Waals surface area contributed by atoms with Crippen molar-refractivity contribution in [3.05, 3.63) is 97.1 Å². The van der Waals surface area contributed by atoms with Crippen LogP contribution in [0.15, 0.2) is 72.3 Å². The molecule has 1 amide bonds. The summed E-state index contributed by atoms with van der Waals surface area (Å²) in [5.41, 5.74) is 2.59. The number of methoxy groups -OCH3 is 1. The molecule has 1 heterocycles. The van der Waals surface area contributed by atoms with Gasteiger partial charge in [0.05, 0.1) is 15.6 Å². The van der Waals surface area contributed by atoms with Crippen molar-refractivity contribution in [1.82, 2.24) is 4.90 Å². The van der Waals surface area contributed by atoms with Crippen LogP contribution in [0.3, 0.4) is 0 Å². The third-order valence-electron chi connectivity index (χ3n) is 6.13. The molecule has 0 bridgehead atoms. The highest BCUT2D eigenvalue weighted by Crippen LogP contribution is 2.35. The van der Waals surface area contributed by atoms with Crippen LogP contribution in [0.2, 0.25) is 0 Å². The lowest BCUT2D eigenvalue weighted by molar-refractivity contribution is -0.384. The fraction of sp³-hybridized carbons (Fsp3) is 0.214. The molecule has 10 heteroatoms. The predicted octanol–water partition coefficient (Wildman–Crippen LogP) is 5.04. The van der Waals surface area contributed by atoms with Crippen molar-refractivity contribution < 1.29 is 19.2 Å². The maximum Gasteiger partial charge on any atom is 0.269 e. The van der Waals surface area contributed by atoms with Crippen molar-refractivity contribution in [2.45, 2.75) is 6.61 Å². The maximum atomic E-state index is 13.1. The summed E-state index contributed by atoms with van der Waals surface area (Å²) < 4.78 is 12.2. The highest BCUT2D eigenvalue weighted by molar-refractivity contribution is 14.1. The van der Waals surface area contributed by atoms with Crippen LogP contribution in [0.1, 0.15) is 11.1 Å². The lowest BCUT2D eigenvalue weighted by atomic mass is 10.1. The van der Waals surface area contributed by atoms with Gasteiger partial charge in [0.1, 0.15) is 18.2 Å². The van der Waals surface area contributed by atoms with Gasteiger partial charge in [-0.25, -0.2) is 0 Å². The lowest BCUT2D eigenvalue weighted by Crippen LogP contribution is -2.49. The van der Waals surface area contributed by atoms with Crippen LogP contribution in [-0.2, 0) is 11.4 Å². The normalized spacial score (nSPS) is 13.6. The molecule has 0 aliphatic carbocycles. The highest BCUT2D eigenvalue weighted by atomic mass is 127. The second-order valence-electron chi connectivity index (χ2n) is 8.53. The van der Waals surface area contributed by atoms with E-state index in [0.717, 1.165) is 14.8 Å². The molecule has 0 saturated carbocycles. The van der Waals surface area contributed by atoms with E-state index in [9.17, 15) is 20.2 Å². The zero-order valence-corrected chi connectivity index (χ0v) is 22.8. The number of nitrogens with zero attached hydrogens (tertiary/aromatic N) is 4. The van der Waals surface area contributed by atoms with Gasteiger partial charge in [-0.05, 0) is 76.2 Å². The van der Waals surface area contributed by atoms with Gasteiger partial charge in [-0.1, -0.05) is 18.2 Å². The molecule has 0 N–H and O–H groups in total. The Morgan fingerprint density at radius 3 is 2.39 bits per heavy atom. The van der Waals surface area contributed by atoms with Crippen molar-refractivity contribution in [1.29, 1.82) is 5.26 Å². The number of carbonyl (C=O) groups is 1. The minimum Gasteiger partial charge on any atom is -0.493 e. The van der Waals surface area contributed by atoms with E-state index >= 15 is 0 Å². The van der Waals surface area contributed by atoms with E-state index < -0.39 is 4.92 Å². The molecule has 3 aromatic rings. The second kappa shape index (κ2) is 12.4. The fourth-order valence-electron chi connectivity index (χ4n) is 4.12. The minimum atomic E-state index is -0.451. The van der Waals surface area contributed by atoms with Gasteiger partial charge in [-0.3, -0.25) is 14.9 Å². The SMILES string of the molecule is COc1cc(/C=C(/C#N)C(=O)N2CCN(c3ccccc3)CC2)cc(I)c1OCc1ccc([N+](=O)[O-])cc1. The number of non-ortho nitro benzene ring substituents is 1. The summed E-state index contributed by atoms with van der Waals surface area (Å²) in [5, 5.41) is 20.6. The van der Waals surface area contributed by atoms with E-state index in [4.69, 9.17) is 9.47 Å². The Hall–Kier alpha value is -4.11. The number of para-hydroxylation sites is 1. The van der Waals surface area contributed by atoms with E-state index in [-0.39, 0.29) is 23.8 Å². The first kappa shape index (κ1) is 26.9. The van der Waals surface area contributed by atoms with Gasteiger partial charge in [0.25, 0.3) is 11.6 Å². The smallest absolute Gasteiger partial charge is 0.269 e. The van der Waals surface area contributed by atoms with E-state index in [1.54, 1.807) is 29.2 Å². The number of hydrogen-bond acceptors (Lipinski definition) is 7. The van der Waals surface area contributed by atoms with E-state index in [1.165, 1.54) is 19.2 Å². The van der Waals surface area contributed by atoms with Crippen molar-refractivity contribution in [2.24, 2.45) is 0 Å². The molecule has 0 unspecified atom stereocenters. The largest absolute Gasteiger partial charge is 0.493 e. The van der Waals surface area contributed by atoms with Crippen LogP contribution >= 0.6 is 22.6 Å². The van der Waals surface area contributed by atoms with E-state index in [2.05, 4.69) is 33.6 Å². The second-order valence-corrected chi connectivity index (χ2v) is 9.69. The number of benzene rings is 3. The monoisotopic (exact) mass is 624 g/mol. The molecule has 194 valence electrons. The molecule has 4 rings (SSSR count). The standard InChI is InChI=1S/C28H25IN4O5/c1-37-26-17-21(16-25(29)27(26)38-19-20-7-9-24(10-8-20)33(35)36)15-22(18-30)28(34)32-13-11-31(12-14-32)23-5-3-2-4-6-23/h2-10,15-17H,11-14,19H2,1H3/b22-15-. The van der Waals surface area contributed by atoms with Crippen molar-refractivity contribution in [2.75, 3.05) is 38.2 Å². The Labute approximate surface area is 234 Å². The van der Waals surface area contributed by atoms with Gasteiger partial charge < -0.3 is 19.3 Å². The molecule has 0 aromatic heterocycles. The van der Waals surface area contributed by atoms with E-state index in [0.29, 0.717) is 43.2 Å². The van der Waals surface area contributed by atoms with Crippen LogP contribution in [0.4, 0.5) is 11.4 Å². The molecule has 0 spiro atoms. The number of nitriles is 1. The zero-order valence-electron chi connectivity index (χ0n) is 20.7. The number of nitro groups is 1. The van der Waals surface area contributed by atoms with Crippen molar-refractivity contribution in [3.63, 3.8) is 0 Å². The van der Waals surface area contributed by atoms with Crippen LogP contribution in [0.25, 0.3) is 6.08 Å². The Kier molecular flexibility index (Phi) is 8.81. The Bertz CT molecular complexity index is 1380. The van der Waals surface area contributed by atoms with Gasteiger partial charge in [0.2, 0.25) is 0 Å². The number of ether oxygens (including phenoxy) is 2. The fourth-order valence-corrected chi connectivity index (χ4v) is 4.90. The number of anilines is 1. The Balaban J connectivity index is 1.45. The van der Waals surface area contributed by atoms with Crippen LogP contribution in [-0.4, -0.2) is 49.0 Å². The summed E-state index contributed by atoms with van der Waals surface area (Å²) in [6.45, 7) is 2.64. The van der Waals surface area contributed by atoms with Gasteiger partial charge in [0.15, 0.2) is 11.5 Å². The van der Waals surface area contributed by atoms with Gasteiger partial charge in [0, 0.05) is 44.0 Å². The van der Waals surface area contributed by atoms with Gasteiger partial charge >= 0.3 is 0 Å². The highest BCUT2D eigenvalue weighted by Gasteiger charge is 2.24. The number of halogens is 1. The van der Waals surface area contributed by atoms with Crippen LogP contribution < -0.4 is 14.4 Å². The van der Waals surface area contributed by atoms with Gasteiger partial charge in [-0.15, -0.1) is 0 Å². The molecular formula is C28H25IN4O5. The first-order valence-corrected chi connectivity index (χ1v) is 12.9. The molecule has 38 heavy (non-hydrogen) atoms. The summed E-state index contributed by atoms with van der Waals surface area (Å²) >= 11 is 2.11. The number of piperazine rings is 1. The molecule has 1 saturated heterocycles. The average Bonchev–Trinajstić information content (AvgIpc) is 2.95. The minimum absolute atomic E-state index is 0.0120. The van der Waals surface area contributed by atoms with Gasteiger partial charge in [-0.2, -0.15) is 5.26 Å². The van der Waals surface area contributed by atoms with Crippen molar-refractivity contribution >= 4 is 45.9 Å². The Morgan fingerprint density at radius 1 is 1.11 bits per heavy atom. The average molecular weight is 624 g/mol. The summed E-state index contributed by atoms with van der Waals surface area (Å²) in [6.07, 6.45) is 1.57. The Morgan fingerprint density at radius 2 is 1.79 bits per heavy atom. The third-order valence-corrected chi connectivity index (χ3v) is 6.93.